The zero-order valence-electron chi connectivity index (χ0n) is 12.4. The summed E-state index contributed by atoms with van der Waals surface area (Å²) in [5.74, 6) is 2.26. The maximum Gasteiger partial charge on any atom is 0.134 e. The zero-order chi connectivity index (χ0) is 14.8. The molecule has 3 heteroatoms. The molecule has 3 rings (SSSR count). The van der Waals surface area contributed by atoms with E-state index in [4.69, 9.17) is 9.47 Å². The maximum absolute atomic E-state index is 9.86. The third kappa shape index (κ3) is 2.44. The first kappa shape index (κ1) is 13.8. The quantitative estimate of drug-likeness (QED) is 0.897. The third-order valence-corrected chi connectivity index (χ3v) is 4.14. The van der Waals surface area contributed by atoms with E-state index < -0.39 is 0 Å². The topological polar surface area (TPSA) is 38.7 Å². The van der Waals surface area contributed by atoms with Crippen LogP contribution in [0.25, 0.3) is 10.8 Å². The average Bonchev–Trinajstić information content (AvgIpc) is 2.52. The minimum absolute atomic E-state index is 0.133. The van der Waals surface area contributed by atoms with Crippen molar-refractivity contribution in [2.45, 2.75) is 25.2 Å². The first-order valence-electron chi connectivity index (χ1n) is 7.28. The number of benzene rings is 2. The van der Waals surface area contributed by atoms with Crippen molar-refractivity contribution in [3.63, 3.8) is 0 Å². The van der Waals surface area contributed by atoms with Crippen molar-refractivity contribution in [2.24, 2.45) is 0 Å². The number of allylic oxidation sites excluding steroid dienone is 2. The third-order valence-electron chi connectivity index (χ3n) is 4.14. The summed E-state index contributed by atoms with van der Waals surface area (Å²) >= 11 is 0. The smallest absolute Gasteiger partial charge is 0.134 e. The summed E-state index contributed by atoms with van der Waals surface area (Å²) < 4.78 is 11.3. The first-order valence-corrected chi connectivity index (χ1v) is 7.28. The van der Waals surface area contributed by atoms with Crippen LogP contribution in [0, 0.1) is 0 Å². The predicted molar refractivity (Wildman–Crippen MR) is 84.4 cm³/mol. The largest absolute Gasteiger partial charge is 0.513 e. The van der Waals surface area contributed by atoms with E-state index in [0.717, 1.165) is 47.1 Å². The minimum Gasteiger partial charge on any atom is -0.513 e. The molecule has 1 atom stereocenters. The van der Waals surface area contributed by atoms with Crippen LogP contribution in [0.15, 0.2) is 42.2 Å². The van der Waals surface area contributed by atoms with Gasteiger partial charge in [-0.25, -0.2) is 0 Å². The standard InChI is InChI=1S/C18H20O3/c1-20-16-11-12-6-3-4-9-15(12)18(21-2)17(16)13-7-5-8-14(19)10-13/h3-4,6,9-11,13,19H,5,7-8H2,1-2H3/t13-/m0/s1. The Morgan fingerprint density at radius 2 is 1.95 bits per heavy atom. The van der Waals surface area contributed by atoms with Crippen LogP contribution in [0.1, 0.15) is 30.7 Å². The lowest BCUT2D eigenvalue weighted by Crippen LogP contribution is -2.07. The molecule has 1 aliphatic rings. The van der Waals surface area contributed by atoms with Gasteiger partial charge in [0, 0.05) is 23.3 Å². The second kappa shape index (κ2) is 5.68. The van der Waals surface area contributed by atoms with Crippen LogP contribution in [-0.2, 0) is 0 Å². The highest BCUT2D eigenvalue weighted by molar-refractivity contribution is 5.92. The maximum atomic E-state index is 9.86. The Balaban J connectivity index is 2.26. The van der Waals surface area contributed by atoms with Gasteiger partial charge in [-0.05, 0) is 30.4 Å². The van der Waals surface area contributed by atoms with Crippen LogP contribution < -0.4 is 9.47 Å². The van der Waals surface area contributed by atoms with Gasteiger partial charge < -0.3 is 14.6 Å². The Kier molecular flexibility index (Phi) is 3.74. The number of hydrogen-bond acceptors (Lipinski definition) is 3. The Hall–Kier alpha value is -2.16. The highest BCUT2D eigenvalue weighted by atomic mass is 16.5. The van der Waals surface area contributed by atoms with Gasteiger partial charge >= 0.3 is 0 Å². The molecule has 0 spiro atoms. The molecule has 0 heterocycles. The lowest BCUT2D eigenvalue weighted by atomic mass is 9.86. The fourth-order valence-corrected chi connectivity index (χ4v) is 3.18. The van der Waals surface area contributed by atoms with Crippen LogP contribution in [0.2, 0.25) is 0 Å². The fraction of sp³-hybridized carbons (Fsp3) is 0.333. The van der Waals surface area contributed by atoms with Crippen LogP contribution >= 0.6 is 0 Å². The molecule has 2 aromatic carbocycles. The number of hydrogen-bond donors (Lipinski definition) is 1. The summed E-state index contributed by atoms with van der Waals surface area (Å²) in [5.41, 5.74) is 1.03. The minimum atomic E-state index is 0.133. The van der Waals surface area contributed by atoms with Gasteiger partial charge in [0.25, 0.3) is 0 Å². The van der Waals surface area contributed by atoms with Crippen LogP contribution in [-0.4, -0.2) is 19.3 Å². The molecule has 1 N–H and O–H groups in total. The molecule has 21 heavy (non-hydrogen) atoms. The second-order valence-electron chi connectivity index (χ2n) is 5.40. The van der Waals surface area contributed by atoms with E-state index in [9.17, 15) is 5.11 Å². The van der Waals surface area contributed by atoms with E-state index in [-0.39, 0.29) is 5.92 Å². The molecule has 0 fully saturated rings. The molecule has 0 radical (unpaired) electrons. The molecule has 0 saturated heterocycles. The highest BCUT2D eigenvalue weighted by Gasteiger charge is 2.24. The van der Waals surface area contributed by atoms with Crippen molar-refractivity contribution < 1.29 is 14.6 Å². The fourth-order valence-electron chi connectivity index (χ4n) is 3.18. The predicted octanol–water partition coefficient (Wildman–Crippen LogP) is 4.57. The average molecular weight is 284 g/mol. The van der Waals surface area contributed by atoms with E-state index in [2.05, 4.69) is 12.1 Å². The molecule has 1 aliphatic carbocycles. The molecule has 110 valence electrons. The SMILES string of the molecule is COc1cc2ccccc2c(OC)c1[C@@H]1C=C(O)CCC1. The van der Waals surface area contributed by atoms with Gasteiger partial charge in [0.05, 0.1) is 20.0 Å². The van der Waals surface area contributed by atoms with Gasteiger partial charge in [-0.15, -0.1) is 0 Å². The van der Waals surface area contributed by atoms with Gasteiger partial charge in [0.15, 0.2) is 0 Å². The molecule has 0 saturated carbocycles. The Labute approximate surface area is 124 Å². The van der Waals surface area contributed by atoms with Crippen LogP contribution in [0.3, 0.4) is 0 Å². The molecule has 0 amide bonds. The summed E-state index contributed by atoms with van der Waals surface area (Å²) in [6, 6.07) is 10.2. The number of aliphatic hydroxyl groups is 1. The highest BCUT2D eigenvalue weighted by Crippen LogP contribution is 2.45. The monoisotopic (exact) mass is 284 g/mol. The number of rotatable bonds is 3. The molecule has 0 aromatic heterocycles. The normalized spacial score (nSPS) is 18.4. The van der Waals surface area contributed by atoms with Crippen molar-refractivity contribution in [1.82, 2.24) is 0 Å². The molecular weight excluding hydrogens is 264 g/mol. The van der Waals surface area contributed by atoms with Crippen molar-refractivity contribution in [2.75, 3.05) is 14.2 Å². The van der Waals surface area contributed by atoms with Gasteiger partial charge in [0.1, 0.15) is 11.5 Å². The summed E-state index contributed by atoms with van der Waals surface area (Å²) in [7, 11) is 3.37. The molecule has 3 nitrogen and oxygen atoms in total. The summed E-state index contributed by atoms with van der Waals surface area (Å²) in [6.07, 6.45) is 4.66. The molecule has 0 unspecified atom stereocenters. The van der Waals surface area contributed by atoms with Gasteiger partial charge in [-0.3, -0.25) is 0 Å². The van der Waals surface area contributed by atoms with E-state index in [1.54, 1.807) is 14.2 Å². The molecular formula is C18H20O3. The summed E-state index contributed by atoms with van der Waals surface area (Å²) in [6.45, 7) is 0. The zero-order valence-corrected chi connectivity index (χ0v) is 12.4. The molecule has 0 bridgehead atoms. The lowest BCUT2D eigenvalue weighted by Gasteiger charge is -2.24. The molecule has 2 aromatic rings. The van der Waals surface area contributed by atoms with E-state index >= 15 is 0 Å². The lowest BCUT2D eigenvalue weighted by molar-refractivity contribution is 0.352. The van der Waals surface area contributed by atoms with Crippen molar-refractivity contribution >= 4 is 10.8 Å². The van der Waals surface area contributed by atoms with Crippen molar-refractivity contribution in [3.05, 3.63) is 47.7 Å². The Bertz CT molecular complexity index is 688. The van der Waals surface area contributed by atoms with Gasteiger partial charge in [-0.1, -0.05) is 24.3 Å². The Morgan fingerprint density at radius 3 is 2.67 bits per heavy atom. The Morgan fingerprint density at radius 1 is 1.14 bits per heavy atom. The number of fused-ring (bicyclic) bond motifs is 1. The second-order valence-corrected chi connectivity index (χ2v) is 5.40. The van der Waals surface area contributed by atoms with Crippen LogP contribution in [0.5, 0.6) is 11.5 Å². The van der Waals surface area contributed by atoms with E-state index in [1.807, 2.05) is 24.3 Å². The number of aliphatic hydroxyl groups excluding tert-OH is 1. The van der Waals surface area contributed by atoms with Crippen molar-refractivity contribution in [1.29, 1.82) is 0 Å². The van der Waals surface area contributed by atoms with E-state index in [1.165, 1.54) is 0 Å². The van der Waals surface area contributed by atoms with E-state index in [0.29, 0.717) is 5.76 Å². The van der Waals surface area contributed by atoms with Gasteiger partial charge in [-0.2, -0.15) is 0 Å². The van der Waals surface area contributed by atoms with Gasteiger partial charge in [0.2, 0.25) is 0 Å². The number of methoxy groups -OCH3 is 2. The van der Waals surface area contributed by atoms with Crippen molar-refractivity contribution in [3.8, 4) is 11.5 Å². The van der Waals surface area contributed by atoms with Crippen LogP contribution in [0.4, 0.5) is 0 Å². The first-order chi connectivity index (χ1) is 10.2. The molecule has 0 aliphatic heterocycles. The summed E-state index contributed by atoms with van der Waals surface area (Å²) in [5, 5.41) is 12.0. The summed E-state index contributed by atoms with van der Waals surface area (Å²) in [4.78, 5) is 0. The number of ether oxygens (including phenoxy) is 2.